The molecule has 0 aliphatic heterocycles. The molecule has 3 nitrogen and oxygen atoms in total. The Balaban J connectivity index is 2.69. The van der Waals surface area contributed by atoms with Crippen LogP contribution in [0, 0.1) is 6.92 Å². The fourth-order valence-corrected chi connectivity index (χ4v) is 3.07. The highest BCUT2D eigenvalue weighted by Crippen LogP contribution is 2.22. The van der Waals surface area contributed by atoms with E-state index in [1.165, 1.54) is 0 Å². The monoisotopic (exact) mass is 303 g/mol. The number of nitrogens with zero attached hydrogens (tertiary/aromatic N) is 2. The third-order valence-electron chi connectivity index (χ3n) is 3.02. The van der Waals surface area contributed by atoms with Crippen LogP contribution in [0.15, 0.2) is 0 Å². The lowest BCUT2D eigenvalue weighted by Crippen LogP contribution is -2.35. The van der Waals surface area contributed by atoms with Crippen molar-refractivity contribution in [1.82, 2.24) is 15.1 Å². The van der Waals surface area contributed by atoms with Crippen LogP contribution >= 0.6 is 23.4 Å². The van der Waals surface area contributed by atoms with Gasteiger partial charge < -0.3 is 5.32 Å². The van der Waals surface area contributed by atoms with E-state index >= 15 is 0 Å². The summed E-state index contributed by atoms with van der Waals surface area (Å²) in [5, 5.41) is 9.49. The summed E-state index contributed by atoms with van der Waals surface area (Å²) in [7, 11) is 1.97. The molecule has 19 heavy (non-hydrogen) atoms. The Hall–Kier alpha value is -0.190. The van der Waals surface area contributed by atoms with E-state index in [9.17, 15) is 0 Å². The number of hydrogen-bond donors (Lipinski definition) is 1. The van der Waals surface area contributed by atoms with Crippen LogP contribution in [0.3, 0.4) is 0 Å². The second-order valence-corrected chi connectivity index (χ2v) is 7.19. The van der Waals surface area contributed by atoms with Gasteiger partial charge in [-0.25, -0.2) is 0 Å². The van der Waals surface area contributed by atoms with E-state index in [1.807, 2.05) is 30.4 Å². The van der Waals surface area contributed by atoms with E-state index < -0.39 is 0 Å². The van der Waals surface area contributed by atoms with Crippen LogP contribution in [0.2, 0.25) is 5.02 Å². The van der Waals surface area contributed by atoms with Crippen LogP contribution in [0.5, 0.6) is 0 Å². The smallest absolute Gasteiger partial charge is 0.0847 e. The first-order valence-corrected chi connectivity index (χ1v) is 8.41. The molecule has 0 aliphatic rings. The molecule has 5 heteroatoms. The molecule has 1 heterocycles. The Morgan fingerprint density at radius 2 is 2.11 bits per heavy atom. The van der Waals surface area contributed by atoms with E-state index in [1.54, 1.807) is 0 Å². The summed E-state index contributed by atoms with van der Waals surface area (Å²) in [6, 6.07) is 0.458. The average molecular weight is 304 g/mol. The number of hydrogen-bond acceptors (Lipinski definition) is 3. The lowest BCUT2D eigenvalue weighted by Gasteiger charge is -2.19. The molecule has 0 radical (unpaired) electrons. The molecule has 0 amide bonds. The van der Waals surface area contributed by atoms with Gasteiger partial charge in [0.2, 0.25) is 0 Å². The molecule has 0 aromatic carbocycles. The van der Waals surface area contributed by atoms with E-state index in [2.05, 4.69) is 31.2 Å². The molecule has 1 atom stereocenters. The fourth-order valence-electron chi connectivity index (χ4n) is 1.98. The Bertz CT molecular complexity index is 390. The Morgan fingerprint density at radius 3 is 2.58 bits per heavy atom. The molecule has 1 aromatic heterocycles. The summed E-state index contributed by atoms with van der Waals surface area (Å²) in [6.07, 6.45) is 2.09. The van der Waals surface area contributed by atoms with Gasteiger partial charge in [-0.2, -0.15) is 16.9 Å². The zero-order chi connectivity index (χ0) is 14.4. The topological polar surface area (TPSA) is 29.9 Å². The van der Waals surface area contributed by atoms with Crippen molar-refractivity contribution in [3.05, 3.63) is 16.4 Å². The van der Waals surface area contributed by atoms with Crippen molar-refractivity contribution in [3.8, 4) is 0 Å². The first-order valence-electron chi connectivity index (χ1n) is 6.98. The molecule has 0 saturated carbocycles. The highest BCUT2D eigenvalue weighted by molar-refractivity contribution is 7.99. The van der Waals surface area contributed by atoms with Gasteiger partial charge in [0.1, 0.15) is 0 Å². The molecular weight excluding hydrogens is 278 g/mol. The lowest BCUT2D eigenvalue weighted by atomic mass is 10.1. The van der Waals surface area contributed by atoms with Gasteiger partial charge in [0.15, 0.2) is 0 Å². The maximum atomic E-state index is 6.34. The SMILES string of the molecule is CCCNC(CSC(C)C)Cc1c(Cl)c(C)nn1C. The summed E-state index contributed by atoms with van der Waals surface area (Å²) in [4.78, 5) is 0. The van der Waals surface area contributed by atoms with Gasteiger partial charge >= 0.3 is 0 Å². The summed E-state index contributed by atoms with van der Waals surface area (Å²) in [5.74, 6) is 1.11. The van der Waals surface area contributed by atoms with Crippen molar-refractivity contribution in [1.29, 1.82) is 0 Å². The van der Waals surface area contributed by atoms with Gasteiger partial charge in [-0.05, 0) is 25.1 Å². The van der Waals surface area contributed by atoms with E-state index in [0.29, 0.717) is 11.3 Å². The fraction of sp³-hybridized carbons (Fsp3) is 0.786. The zero-order valence-electron chi connectivity index (χ0n) is 12.7. The summed E-state index contributed by atoms with van der Waals surface area (Å²) in [5.41, 5.74) is 2.06. The van der Waals surface area contributed by atoms with Crippen LogP contribution in [-0.2, 0) is 13.5 Å². The van der Waals surface area contributed by atoms with Gasteiger partial charge in [0, 0.05) is 25.3 Å². The second-order valence-electron chi connectivity index (χ2n) is 5.21. The van der Waals surface area contributed by atoms with Gasteiger partial charge in [-0.15, -0.1) is 0 Å². The van der Waals surface area contributed by atoms with Crippen LogP contribution in [-0.4, -0.2) is 33.4 Å². The van der Waals surface area contributed by atoms with Gasteiger partial charge in [-0.3, -0.25) is 4.68 Å². The van der Waals surface area contributed by atoms with Crippen molar-refractivity contribution < 1.29 is 0 Å². The number of nitrogens with one attached hydrogen (secondary N) is 1. The number of thioether (sulfide) groups is 1. The molecule has 0 fully saturated rings. The Morgan fingerprint density at radius 1 is 1.42 bits per heavy atom. The first-order chi connectivity index (χ1) is 8.95. The number of rotatable bonds is 8. The minimum absolute atomic E-state index is 0.458. The van der Waals surface area contributed by atoms with Crippen LogP contribution in [0.4, 0.5) is 0 Å². The molecule has 0 saturated heterocycles. The van der Waals surface area contributed by atoms with E-state index in [4.69, 9.17) is 11.6 Å². The van der Waals surface area contributed by atoms with Crippen molar-refractivity contribution in [2.24, 2.45) is 7.05 Å². The minimum Gasteiger partial charge on any atom is -0.313 e. The van der Waals surface area contributed by atoms with Crippen molar-refractivity contribution in [2.45, 2.75) is 51.8 Å². The Labute approximate surface area is 126 Å². The maximum Gasteiger partial charge on any atom is 0.0847 e. The third-order valence-corrected chi connectivity index (χ3v) is 4.77. The quantitative estimate of drug-likeness (QED) is 0.798. The van der Waals surface area contributed by atoms with E-state index in [-0.39, 0.29) is 0 Å². The number of aryl methyl sites for hydroxylation is 2. The molecule has 1 unspecified atom stereocenters. The minimum atomic E-state index is 0.458. The molecular formula is C14H26ClN3S. The molecule has 1 N–H and O–H groups in total. The second kappa shape index (κ2) is 8.18. The summed E-state index contributed by atoms with van der Waals surface area (Å²) >= 11 is 8.33. The third kappa shape index (κ3) is 5.36. The van der Waals surface area contributed by atoms with Crippen LogP contribution in [0.1, 0.15) is 38.6 Å². The summed E-state index contributed by atoms with van der Waals surface area (Å²) < 4.78 is 1.92. The van der Waals surface area contributed by atoms with E-state index in [0.717, 1.165) is 41.5 Å². The highest BCUT2D eigenvalue weighted by Gasteiger charge is 2.17. The van der Waals surface area contributed by atoms with Gasteiger partial charge in [0.05, 0.1) is 16.4 Å². The molecule has 110 valence electrons. The predicted octanol–water partition coefficient (Wildman–Crippen LogP) is 3.43. The van der Waals surface area contributed by atoms with Crippen molar-refractivity contribution in [3.63, 3.8) is 0 Å². The standard InChI is InChI=1S/C14H26ClN3S/c1-6-7-16-12(9-19-10(2)3)8-13-14(15)11(4)17-18(13)5/h10,12,16H,6-9H2,1-5H3. The normalized spacial score (nSPS) is 13.2. The van der Waals surface area contributed by atoms with Gasteiger partial charge in [-0.1, -0.05) is 32.4 Å². The molecule has 0 spiro atoms. The largest absolute Gasteiger partial charge is 0.313 e. The number of halogens is 1. The molecule has 0 bridgehead atoms. The molecule has 1 rings (SSSR count). The zero-order valence-corrected chi connectivity index (χ0v) is 14.2. The predicted molar refractivity (Wildman–Crippen MR) is 86.3 cm³/mol. The number of aromatic nitrogens is 2. The van der Waals surface area contributed by atoms with Gasteiger partial charge in [0.25, 0.3) is 0 Å². The molecule has 0 aliphatic carbocycles. The first kappa shape index (κ1) is 16.9. The van der Waals surface area contributed by atoms with Crippen molar-refractivity contribution >= 4 is 23.4 Å². The van der Waals surface area contributed by atoms with Crippen molar-refractivity contribution in [2.75, 3.05) is 12.3 Å². The average Bonchev–Trinajstić information content (AvgIpc) is 2.58. The summed E-state index contributed by atoms with van der Waals surface area (Å²) in [6.45, 7) is 9.69. The Kier molecular flexibility index (Phi) is 7.26. The lowest BCUT2D eigenvalue weighted by molar-refractivity contribution is 0.531. The van der Waals surface area contributed by atoms with Crippen LogP contribution < -0.4 is 5.32 Å². The molecule has 1 aromatic rings. The maximum absolute atomic E-state index is 6.34. The highest BCUT2D eigenvalue weighted by atomic mass is 35.5. The van der Waals surface area contributed by atoms with Crippen LogP contribution in [0.25, 0.3) is 0 Å².